The number of sulfonamides is 1. The lowest BCUT2D eigenvalue weighted by molar-refractivity contribution is -0.140. The molecule has 3 atom stereocenters. The third-order valence-corrected chi connectivity index (χ3v) is 5.85. The second kappa shape index (κ2) is 6.26. The summed E-state index contributed by atoms with van der Waals surface area (Å²) in [5, 5.41) is 0. The summed E-state index contributed by atoms with van der Waals surface area (Å²) in [6.07, 6.45) is 0. The first-order valence-electron chi connectivity index (χ1n) is 7.31. The minimum absolute atomic E-state index is 0.107. The molecule has 1 aliphatic heterocycles. The van der Waals surface area contributed by atoms with E-state index in [2.05, 4.69) is 0 Å². The summed E-state index contributed by atoms with van der Waals surface area (Å²) in [6, 6.07) is 13.7. The van der Waals surface area contributed by atoms with Crippen molar-refractivity contribution < 1.29 is 22.7 Å². The first-order chi connectivity index (χ1) is 11.5. The van der Waals surface area contributed by atoms with Crippen LogP contribution in [0.2, 0.25) is 0 Å². The van der Waals surface area contributed by atoms with Crippen molar-refractivity contribution in [1.29, 1.82) is 0 Å². The molecule has 0 aliphatic carbocycles. The van der Waals surface area contributed by atoms with Crippen molar-refractivity contribution in [2.24, 2.45) is 0 Å². The number of nitrogens with zero attached hydrogens (tertiary/aromatic N) is 1. The minimum atomic E-state index is -3.82. The van der Waals surface area contributed by atoms with Gasteiger partial charge in [0.05, 0.1) is 25.2 Å². The van der Waals surface area contributed by atoms with E-state index < -0.39 is 28.1 Å². The lowest BCUT2D eigenvalue weighted by Gasteiger charge is -2.07. The Morgan fingerprint density at radius 2 is 1.62 bits per heavy atom. The van der Waals surface area contributed by atoms with Crippen molar-refractivity contribution in [3.05, 3.63) is 60.2 Å². The second-order valence-corrected chi connectivity index (χ2v) is 7.18. The number of methoxy groups -OCH3 is 2. The number of hydrogen-bond acceptors (Lipinski definition) is 5. The normalized spacial score (nSPS) is 22.7. The molecule has 126 valence electrons. The lowest BCUT2D eigenvalue weighted by Crippen LogP contribution is -2.20. The number of carbonyl (C=O) groups is 1. The molecule has 7 heteroatoms. The Balaban J connectivity index is 1.97. The number of ether oxygens (including phenoxy) is 2. The van der Waals surface area contributed by atoms with E-state index >= 15 is 0 Å². The van der Waals surface area contributed by atoms with Crippen LogP contribution < -0.4 is 4.74 Å². The van der Waals surface area contributed by atoms with Gasteiger partial charge in [0.25, 0.3) is 0 Å². The zero-order chi connectivity index (χ0) is 17.3. The van der Waals surface area contributed by atoms with Gasteiger partial charge in [-0.15, -0.1) is 0 Å². The molecule has 24 heavy (non-hydrogen) atoms. The highest BCUT2D eigenvalue weighted by atomic mass is 32.2. The van der Waals surface area contributed by atoms with Crippen LogP contribution in [0.5, 0.6) is 5.75 Å². The van der Waals surface area contributed by atoms with Gasteiger partial charge in [0.15, 0.2) is 0 Å². The third kappa shape index (κ3) is 2.76. The van der Waals surface area contributed by atoms with Crippen molar-refractivity contribution >= 4 is 16.0 Å². The van der Waals surface area contributed by atoms with Crippen LogP contribution in [0, 0.1) is 0 Å². The maximum atomic E-state index is 12.9. The maximum Gasteiger partial charge on any atom is 0.326 e. The maximum absolute atomic E-state index is 12.9. The predicted octanol–water partition coefficient (Wildman–Crippen LogP) is 1.98. The Labute approximate surface area is 140 Å². The fourth-order valence-electron chi connectivity index (χ4n) is 2.71. The van der Waals surface area contributed by atoms with Gasteiger partial charge in [-0.3, -0.25) is 4.79 Å². The van der Waals surface area contributed by atoms with Crippen molar-refractivity contribution in [2.75, 3.05) is 14.2 Å². The van der Waals surface area contributed by atoms with Crippen molar-refractivity contribution in [2.45, 2.75) is 17.0 Å². The number of benzene rings is 2. The fourth-order valence-corrected chi connectivity index (χ4v) is 4.42. The summed E-state index contributed by atoms with van der Waals surface area (Å²) in [4.78, 5) is 12.1. The molecule has 0 saturated carbocycles. The average molecular weight is 347 g/mol. The van der Waals surface area contributed by atoms with Crippen molar-refractivity contribution in [3.63, 3.8) is 0 Å². The van der Waals surface area contributed by atoms with E-state index in [0.29, 0.717) is 5.75 Å². The Hall–Kier alpha value is -2.38. The summed E-state index contributed by atoms with van der Waals surface area (Å²) in [5.41, 5.74) is 0.755. The summed E-state index contributed by atoms with van der Waals surface area (Å²) in [7, 11) is -1.06. The van der Waals surface area contributed by atoms with Crippen molar-refractivity contribution in [3.8, 4) is 5.75 Å². The summed E-state index contributed by atoms with van der Waals surface area (Å²) in [5.74, 6) is -0.00943. The Morgan fingerprint density at radius 1 is 1.00 bits per heavy atom. The largest absolute Gasteiger partial charge is 0.497 e. The Bertz CT molecular complexity index is 833. The van der Waals surface area contributed by atoms with Crippen LogP contribution in [-0.4, -0.2) is 39.0 Å². The van der Waals surface area contributed by atoms with E-state index in [-0.39, 0.29) is 4.90 Å². The molecule has 2 aromatic carbocycles. The van der Waals surface area contributed by atoms with Crippen LogP contribution in [0.1, 0.15) is 11.6 Å². The number of rotatable bonds is 5. The van der Waals surface area contributed by atoms with Crippen LogP contribution in [0.25, 0.3) is 0 Å². The molecule has 0 amide bonds. The van der Waals surface area contributed by atoms with E-state index in [9.17, 15) is 13.2 Å². The highest BCUT2D eigenvalue weighted by molar-refractivity contribution is 7.89. The van der Waals surface area contributed by atoms with Gasteiger partial charge in [-0.1, -0.05) is 30.3 Å². The molecule has 0 spiro atoms. The zero-order valence-electron chi connectivity index (χ0n) is 13.2. The summed E-state index contributed by atoms with van der Waals surface area (Å²) in [6.45, 7) is 0. The molecule has 0 bridgehead atoms. The van der Waals surface area contributed by atoms with Crippen molar-refractivity contribution in [1.82, 2.24) is 4.31 Å². The second-order valence-electron chi connectivity index (χ2n) is 5.33. The molecular formula is C17H17NO5S. The first kappa shape index (κ1) is 16.5. The monoisotopic (exact) mass is 347 g/mol. The summed E-state index contributed by atoms with van der Waals surface area (Å²) >= 11 is 0. The predicted molar refractivity (Wildman–Crippen MR) is 87.0 cm³/mol. The molecular weight excluding hydrogens is 330 g/mol. The third-order valence-electron chi connectivity index (χ3n) is 3.98. The molecule has 2 aromatic rings. The standard InChI is InChI=1S/C17H17NO5S/c1-22-13-8-10-14(11-9-13)24(20,21)18-15(16(18)17(19)23-2)12-6-4-3-5-7-12/h3-11,15-16H,1-2H3. The molecule has 0 N–H and O–H groups in total. The SMILES string of the molecule is COC(=O)C1C(c2ccccc2)N1S(=O)(=O)c1ccc(OC)cc1. The smallest absolute Gasteiger partial charge is 0.326 e. The van der Waals surface area contributed by atoms with E-state index in [1.54, 1.807) is 36.4 Å². The lowest BCUT2D eigenvalue weighted by atomic mass is 10.1. The average Bonchev–Trinajstić information content (AvgIpc) is 3.38. The van der Waals surface area contributed by atoms with E-state index in [1.165, 1.54) is 30.7 Å². The molecule has 1 heterocycles. The number of esters is 1. The van der Waals surface area contributed by atoms with E-state index in [4.69, 9.17) is 9.47 Å². The summed E-state index contributed by atoms with van der Waals surface area (Å²) < 4.78 is 36.7. The Morgan fingerprint density at radius 3 is 2.17 bits per heavy atom. The number of carbonyl (C=O) groups excluding carboxylic acids is 1. The molecule has 0 radical (unpaired) electrons. The molecule has 3 unspecified atom stereocenters. The first-order valence-corrected chi connectivity index (χ1v) is 8.75. The Kier molecular flexibility index (Phi) is 4.29. The van der Waals surface area contributed by atoms with Gasteiger partial charge in [0.2, 0.25) is 10.0 Å². The van der Waals surface area contributed by atoms with E-state index in [0.717, 1.165) is 5.56 Å². The molecule has 1 fully saturated rings. The molecule has 3 rings (SSSR count). The topological polar surface area (TPSA) is 72.7 Å². The van der Waals surface area contributed by atoms with Gasteiger partial charge in [0.1, 0.15) is 11.8 Å². The van der Waals surface area contributed by atoms with Gasteiger partial charge in [-0.05, 0) is 29.8 Å². The van der Waals surface area contributed by atoms with Crippen LogP contribution in [0.3, 0.4) is 0 Å². The molecule has 1 saturated heterocycles. The molecule has 1 aliphatic rings. The minimum Gasteiger partial charge on any atom is -0.497 e. The van der Waals surface area contributed by atoms with Gasteiger partial charge in [-0.2, -0.15) is 4.31 Å². The van der Waals surface area contributed by atoms with Gasteiger partial charge in [0, 0.05) is 0 Å². The van der Waals surface area contributed by atoms with Crippen LogP contribution in [0.4, 0.5) is 0 Å². The van der Waals surface area contributed by atoms with Gasteiger partial charge < -0.3 is 9.47 Å². The quantitative estimate of drug-likeness (QED) is 0.611. The fraction of sp³-hybridized carbons (Fsp3) is 0.235. The van der Waals surface area contributed by atoms with Crippen LogP contribution in [-0.2, 0) is 19.6 Å². The molecule has 0 aromatic heterocycles. The van der Waals surface area contributed by atoms with E-state index in [1.807, 2.05) is 6.07 Å². The van der Waals surface area contributed by atoms with Crippen LogP contribution >= 0.6 is 0 Å². The highest BCUT2D eigenvalue weighted by Crippen LogP contribution is 2.48. The zero-order valence-corrected chi connectivity index (χ0v) is 14.1. The van der Waals surface area contributed by atoms with Gasteiger partial charge in [-0.25, -0.2) is 8.42 Å². The highest BCUT2D eigenvalue weighted by Gasteiger charge is 2.61. The number of hydrogen-bond donors (Lipinski definition) is 0. The van der Waals surface area contributed by atoms with Gasteiger partial charge >= 0.3 is 5.97 Å². The van der Waals surface area contributed by atoms with Crippen LogP contribution in [0.15, 0.2) is 59.5 Å². The molecule has 6 nitrogen and oxygen atoms in total.